The van der Waals surface area contributed by atoms with Gasteiger partial charge in [-0.1, -0.05) is 30.3 Å². The summed E-state index contributed by atoms with van der Waals surface area (Å²) in [6, 6.07) is 19.6. The molecule has 3 aromatic rings. The van der Waals surface area contributed by atoms with E-state index in [1.165, 1.54) is 6.26 Å². The van der Waals surface area contributed by atoms with Gasteiger partial charge in [0, 0.05) is 5.69 Å². The summed E-state index contributed by atoms with van der Waals surface area (Å²) in [5.74, 6) is 0.234. The van der Waals surface area contributed by atoms with Gasteiger partial charge in [0.25, 0.3) is 11.8 Å². The van der Waals surface area contributed by atoms with E-state index in [4.69, 9.17) is 9.15 Å². The van der Waals surface area contributed by atoms with Crippen molar-refractivity contribution in [2.45, 2.75) is 13.0 Å². The summed E-state index contributed by atoms with van der Waals surface area (Å²) < 4.78 is 10.5. The highest BCUT2D eigenvalue weighted by atomic mass is 16.5. The first kappa shape index (κ1) is 18.3. The first-order valence-electron chi connectivity index (χ1n) is 8.54. The van der Waals surface area contributed by atoms with Crippen LogP contribution in [0.15, 0.2) is 77.4 Å². The quantitative estimate of drug-likeness (QED) is 0.668. The van der Waals surface area contributed by atoms with E-state index in [1.54, 1.807) is 36.4 Å². The summed E-state index contributed by atoms with van der Waals surface area (Å²) in [7, 11) is 0. The molecule has 0 radical (unpaired) electrons. The molecular weight excluding hydrogens is 344 g/mol. The highest BCUT2D eigenvalue weighted by Crippen LogP contribution is 2.17. The summed E-state index contributed by atoms with van der Waals surface area (Å²) in [5.41, 5.74) is 1.63. The van der Waals surface area contributed by atoms with E-state index in [2.05, 4.69) is 10.6 Å². The average molecular weight is 364 g/mol. The molecule has 6 nitrogen and oxygen atoms in total. The van der Waals surface area contributed by atoms with Gasteiger partial charge < -0.3 is 19.8 Å². The van der Waals surface area contributed by atoms with Crippen molar-refractivity contribution >= 4 is 17.5 Å². The zero-order chi connectivity index (χ0) is 19.1. The SMILES string of the molecule is CC(NC(=O)COc1ccc(NC(=O)c2ccco2)cc1)c1ccccc1. The van der Waals surface area contributed by atoms with Gasteiger partial charge in [0.05, 0.1) is 12.3 Å². The molecule has 0 spiro atoms. The maximum atomic E-state index is 12.0. The van der Waals surface area contributed by atoms with E-state index in [0.717, 1.165) is 5.56 Å². The molecule has 0 aliphatic rings. The highest BCUT2D eigenvalue weighted by Gasteiger charge is 2.11. The van der Waals surface area contributed by atoms with E-state index in [-0.39, 0.29) is 30.2 Å². The second-order valence-corrected chi connectivity index (χ2v) is 5.94. The lowest BCUT2D eigenvalue weighted by atomic mass is 10.1. The first-order chi connectivity index (χ1) is 13.1. The number of ether oxygens (including phenoxy) is 1. The Bertz CT molecular complexity index is 874. The number of anilines is 1. The van der Waals surface area contributed by atoms with Crippen LogP contribution in [0.2, 0.25) is 0 Å². The minimum absolute atomic E-state index is 0.0880. The fourth-order valence-corrected chi connectivity index (χ4v) is 2.49. The van der Waals surface area contributed by atoms with Crippen LogP contribution in [0.5, 0.6) is 5.75 Å². The molecular formula is C21H20N2O4. The lowest BCUT2D eigenvalue weighted by molar-refractivity contribution is -0.123. The summed E-state index contributed by atoms with van der Waals surface area (Å²) in [5, 5.41) is 5.60. The van der Waals surface area contributed by atoms with Gasteiger partial charge >= 0.3 is 0 Å². The maximum absolute atomic E-state index is 12.0. The molecule has 6 heteroatoms. The number of carbonyl (C=O) groups excluding carboxylic acids is 2. The highest BCUT2D eigenvalue weighted by molar-refractivity contribution is 6.02. The average Bonchev–Trinajstić information content (AvgIpc) is 3.23. The molecule has 2 N–H and O–H groups in total. The fourth-order valence-electron chi connectivity index (χ4n) is 2.49. The van der Waals surface area contributed by atoms with Gasteiger partial charge in [0.2, 0.25) is 0 Å². The van der Waals surface area contributed by atoms with Gasteiger partial charge in [0.1, 0.15) is 5.75 Å². The van der Waals surface area contributed by atoms with Crippen molar-refractivity contribution in [3.8, 4) is 5.75 Å². The van der Waals surface area contributed by atoms with Crippen molar-refractivity contribution in [1.82, 2.24) is 5.32 Å². The van der Waals surface area contributed by atoms with Crippen molar-refractivity contribution in [2.75, 3.05) is 11.9 Å². The van der Waals surface area contributed by atoms with E-state index in [1.807, 2.05) is 37.3 Å². The van der Waals surface area contributed by atoms with Crippen LogP contribution < -0.4 is 15.4 Å². The number of nitrogens with one attached hydrogen (secondary N) is 2. The zero-order valence-electron chi connectivity index (χ0n) is 14.8. The number of carbonyl (C=O) groups is 2. The predicted molar refractivity (Wildman–Crippen MR) is 102 cm³/mol. The summed E-state index contributed by atoms with van der Waals surface area (Å²) >= 11 is 0. The van der Waals surface area contributed by atoms with Crippen LogP contribution in [-0.2, 0) is 4.79 Å². The van der Waals surface area contributed by atoms with Crippen LogP contribution in [0.3, 0.4) is 0 Å². The topological polar surface area (TPSA) is 80.6 Å². The van der Waals surface area contributed by atoms with E-state index in [0.29, 0.717) is 11.4 Å². The lowest BCUT2D eigenvalue weighted by Gasteiger charge is -2.14. The zero-order valence-corrected chi connectivity index (χ0v) is 14.8. The number of benzene rings is 2. The van der Waals surface area contributed by atoms with Crippen molar-refractivity contribution in [1.29, 1.82) is 0 Å². The molecule has 0 aliphatic heterocycles. The minimum atomic E-state index is -0.331. The summed E-state index contributed by atoms with van der Waals surface area (Å²) in [6.07, 6.45) is 1.44. The Balaban J connectivity index is 1.47. The smallest absolute Gasteiger partial charge is 0.291 e. The minimum Gasteiger partial charge on any atom is -0.484 e. The molecule has 0 bridgehead atoms. The van der Waals surface area contributed by atoms with Gasteiger partial charge in [-0.3, -0.25) is 9.59 Å². The van der Waals surface area contributed by atoms with E-state index < -0.39 is 0 Å². The van der Waals surface area contributed by atoms with E-state index in [9.17, 15) is 9.59 Å². The van der Waals surface area contributed by atoms with Crippen LogP contribution in [0.4, 0.5) is 5.69 Å². The van der Waals surface area contributed by atoms with Gasteiger partial charge in [-0.15, -0.1) is 0 Å². The fraction of sp³-hybridized carbons (Fsp3) is 0.143. The number of amides is 2. The molecule has 138 valence electrons. The Morgan fingerprint density at radius 2 is 1.74 bits per heavy atom. The second-order valence-electron chi connectivity index (χ2n) is 5.94. The van der Waals surface area contributed by atoms with Gasteiger partial charge in [-0.25, -0.2) is 0 Å². The predicted octanol–water partition coefficient (Wildman–Crippen LogP) is 3.79. The summed E-state index contributed by atoms with van der Waals surface area (Å²) in [4.78, 5) is 23.9. The van der Waals surface area contributed by atoms with Crippen molar-refractivity contribution < 1.29 is 18.7 Å². The molecule has 2 aromatic carbocycles. The van der Waals surface area contributed by atoms with Crippen molar-refractivity contribution in [2.24, 2.45) is 0 Å². The monoisotopic (exact) mass is 364 g/mol. The van der Waals surface area contributed by atoms with Gasteiger partial charge in [-0.05, 0) is 48.9 Å². The Kier molecular flexibility index (Phi) is 5.89. The molecule has 3 rings (SSSR count). The Labute approximate surface area is 157 Å². The van der Waals surface area contributed by atoms with Gasteiger partial charge in [0.15, 0.2) is 12.4 Å². The number of furan rings is 1. The van der Waals surface area contributed by atoms with Crippen LogP contribution in [0, 0.1) is 0 Å². The Hall–Kier alpha value is -3.54. The normalized spacial score (nSPS) is 11.4. The lowest BCUT2D eigenvalue weighted by Crippen LogP contribution is -2.31. The van der Waals surface area contributed by atoms with E-state index >= 15 is 0 Å². The number of hydrogen-bond acceptors (Lipinski definition) is 4. The molecule has 0 fully saturated rings. The molecule has 0 aliphatic carbocycles. The Morgan fingerprint density at radius 3 is 2.41 bits per heavy atom. The molecule has 27 heavy (non-hydrogen) atoms. The standard InChI is InChI=1S/C21H20N2O4/c1-15(16-6-3-2-4-7-16)22-20(24)14-27-18-11-9-17(10-12-18)23-21(25)19-8-5-13-26-19/h2-13,15H,14H2,1H3,(H,22,24)(H,23,25). The summed E-state index contributed by atoms with van der Waals surface area (Å²) in [6.45, 7) is 1.83. The molecule has 1 heterocycles. The largest absolute Gasteiger partial charge is 0.484 e. The third-order valence-corrected chi connectivity index (χ3v) is 3.90. The maximum Gasteiger partial charge on any atom is 0.291 e. The van der Waals surface area contributed by atoms with Gasteiger partial charge in [-0.2, -0.15) is 0 Å². The molecule has 1 aromatic heterocycles. The van der Waals surface area contributed by atoms with Crippen molar-refractivity contribution in [3.63, 3.8) is 0 Å². The third kappa shape index (κ3) is 5.22. The van der Waals surface area contributed by atoms with Crippen molar-refractivity contribution in [3.05, 3.63) is 84.3 Å². The van der Waals surface area contributed by atoms with Crippen LogP contribution in [0.25, 0.3) is 0 Å². The molecule has 1 atom stereocenters. The molecule has 1 unspecified atom stereocenters. The number of rotatable bonds is 7. The van der Waals surface area contributed by atoms with Crippen LogP contribution in [0.1, 0.15) is 29.1 Å². The molecule has 0 saturated heterocycles. The van der Waals surface area contributed by atoms with Crippen LogP contribution >= 0.6 is 0 Å². The number of hydrogen-bond donors (Lipinski definition) is 2. The third-order valence-electron chi connectivity index (χ3n) is 3.90. The van der Waals surface area contributed by atoms with Crippen LogP contribution in [-0.4, -0.2) is 18.4 Å². The first-order valence-corrected chi connectivity index (χ1v) is 8.54. The Morgan fingerprint density at radius 1 is 1.00 bits per heavy atom. The second kappa shape index (κ2) is 8.71. The molecule has 2 amide bonds. The molecule has 0 saturated carbocycles.